The van der Waals surface area contributed by atoms with E-state index < -0.39 is 15.3 Å². The first kappa shape index (κ1) is 18.5. The van der Waals surface area contributed by atoms with E-state index in [0.29, 0.717) is 19.0 Å². The highest BCUT2D eigenvalue weighted by molar-refractivity contribution is 7.90. The molecule has 2 rings (SSSR count). The quantitative estimate of drug-likeness (QED) is 0.763. The molecular weight excluding hydrogens is 316 g/mol. The van der Waals surface area contributed by atoms with Gasteiger partial charge in [0, 0.05) is 31.2 Å². The maximum atomic E-state index is 12.4. The summed E-state index contributed by atoms with van der Waals surface area (Å²) in [5.41, 5.74) is 0. The van der Waals surface area contributed by atoms with Crippen LogP contribution in [-0.4, -0.2) is 74.8 Å². The molecule has 3 atom stereocenters. The first-order chi connectivity index (χ1) is 10.7. The lowest BCUT2D eigenvalue weighted by molar-refractivity contribution is 0.203. The highest BCUT2D eigenvalue weighted by Gasteiger charge is 2.36. The average molecular weight is 346 g/mol. The van der Waals surface area contributed by atoms with Crippen molar-refractivity contribution in [3.8, 4) is 0 Å². The van der Waals surface area contributed by atoms with Gasteiger partial charge in [-0.25, -0.2) is 17.9 Å². The minimum Gasteiger partial charge on any atom is -0.335 e. The summed E-state index contributed by atoms with van der Waals surface area (Å²) in [4.78, 5) is 16.2. The largest absolute Gasteiger partial charge is 0.335 e. The SMILES string of the molecule is CC(C)NS(=O)(=O)[C@@H]1CCN(C(=O)N[C@@H]2CC[C@@H](N(C)C)C2)C1. The van der Waals surface area contributed by atoms with Crippen LogP contribution in [0.25, 0.3) is 0 Å². The van der Waals surface area contributed by atoms with Gasteiger partial charge >= 0.3 is 6.03 Å². The number of rotatable bonds is 5. The summed E-state index contributed by atoms with van der Waals surface area (Å²) in [6.45, 7) is 4.38. The number of hydrogen-bond donors (Lipinski definition) is 2. The van der Waals surface area contributed by atoms with Crippen molar-refractivity contribution in [3.05, 3.63) is 0 Å². The molecule has 1 heterocycles. The van der Waals surface area contributed by atoms with Gasteiger partial charge in [0.05, 0.1) is 5.25 Å². The molecule has 2 aliphatic rings. The van der Waals surface area contributed by atoms with Crippen LogP contribution in [0.15, 0.2) is 0 Å². The number of likely N-dealkylation sites (tertiary alicyclic amines) is 1. The van der Waals surface area contributed by atoms with Crippen molar-refractivity contribution in [2.75, 3.05) is 27.2 Å². The van der Waals surface area contributed by atoms with E-state index in [1.165, 1.54) is 0 Å². The Bertz CT molecular complexity index is 521. The first-order valence-corrected chi connectivity index (χ1v) is 9.96. The Hall–Kier alpha value is -0.860. The zero-order chi connectivity index (χ0) is 17.2. The molecule has 7 nitrogen and oxygen atoms in total. The van der Waals surface area contributed by atoms with Crippen LogP contribution in [0, 0.1) is 0 Å². The van der Waals surface area contributed by atoms with Gasteiger partial charge < -0.3 is 15.1 Å². The van der Waals surface area contributed by atoms with Crippen LogP contribution in [0.1, 0.15) is 39.5 Å². The third-order valence-electron chi connectivity index (χ3n) is 4.73. The van der Waals surface area contributed by atoms with Crippen molar-refractivity contribution in [3.63, 3.8) is 0 Å². The second-order valence-electron chi connectivity index (χ2n) is 7.25. The lowest BCUT2D eigenvalue weighted by Crippen LogP contribution is -2.45. The Morgan fingerprint density at radius 3 is 2.48 bits per heavy atom. The molecule has 2 N–H and O–H groups in total. The molecule has 1 saturated heterocycles. The molecule has 2 fully saturated rings. The zero-order valence-electron chi connectivity index (χ0n) is 14.6. The van der Waals surface area contributed by atoms with E-state index in [-0.39, 0.29) is 24.7 Å². The van der Waals surface area contributed by atoms with Gasteiger partial charge in [-0.2, -0.15) is 0 Å². The van der Waals surface area contributed by atoms with Crippen LogP contribution in [0.5, 0.6) is 0 Å². The fourth-order valence-corrected chi connectivity index (χ4v) is 5.06. The lowest BCUT2D eigenvalue weighted by atomic mass is 10.2. The summed E-state index contributed by atoms with van der Waals surface area (Å²) in [7, 11) is 0.773. The summed E-state index contributed by atoms with van der Waals surface area (Å²) in [6, 6.07) is 0.461. The minimum absolute atomic E-state index is 0.121. The molecule has 0 unspecified atom stereocenters. The molecule has 1 aliphatic heterocycles. The van der Waals surface area contributed by atoms with Crippen LogP contribution >= 0.6 is 0 Å². The van der Waals surface area contributed by atoms with Crippen LogP contribution in [0.2, 0.25) is 0 Å². The maximum absolute atomic E-state index is 12.4. The number of amides is 2. The summed E-state index contributed by atoms with van der Waals surface area (Å²) >= 11 is 0. The van der Waals surface area contributed by atoms with Gasteiger partial charge in [-0.15, -0.1) is 0 Å². The van der Waals surface area contributed by atoms with Gasteiger partial charge in [0.2, 0.25) is 10.0 Å². The fraction of sp³-hybridized carbons (Fsp3) is 0.933. The van der Waals surface area contributed by atoms with Crippen molar-refractivity contribution >= 4 is 16.1 Å². The van der Waals surface area contributed by atoms with Gasteiger partial charge in [0.25, 0.3) is 0 Å². The number of nitrogens with one attached hydrogen (secondary N) is 2. The topological polar surface area (TPSA) is 81.8 Å². The fourth-order valence-electron chi connectivity index (χ4n) is 3.41. The van der Waals surface area contributed by atoms with E-state index in [4.69, 9.17) is 0 Å². The molecule has 8 heteroatoms. The number of hydrogen-bond acceptors (Lipinski definition) is 4. The Morgan fingerprint density at radius 2 is 1.91 bits per heavy atom. The summed E-state index contributed by atoms with van der Waals surface area (Å²) in [5, 5.41) is 2.56. The van der Waals surface area contributed by atoms with Crippen molar-refractivity contribution in [1.82, 2.24) is 19.8 Å². The van der Waals surface area contributed by atoms with E-state index in [1.807, 2.05) is 0 Å². The maximum Gasteiger partial charge on any atom is 0.317 e. The van der Waals surface area contributed by atoms with E-state index in [1.54, 1.807) is 18.7 Å². The molecule has 0 spiro atoms. The molecule has 134 valence electrons. The van der Waals surface area contributed by atoms with Crippen LogP contribution < -0.4 is 10.0 Å². The molecule has 0 aromatic heterocycles. The molecule has 2 amide bonds. The standard InChI is InChI=1S/C15H30N4O3S/c1-11(2)17-23(21,22)14-7-8-19(10-14)15(20)16-12-5-6-13(9-12)18(3)4/h11-14,17H,5-10H2,1-4H3,(H,16,20)/t12-,13-,14-/m1/s1. The number of nitrogens with zero attached hydrogens (tertiary/aromatic N) is 2. The Labute approximate surface area is 139 Å². The number of sulfonamides is 1. The Balaban J connectivity index is 1.84. The van der Waals surface area contributed by atoms with Crippen molar-refractivity contribution in [2.24, 2.45) is 0 Å². The lowest BCUT2D eigenvalue weighted by Gasteiger charge is -2.22. The molecule has 23 heavy (non-hydrogen) atoms. The van der Waals surface area contributed by atoms with Crippen molar-refractivity contribution < 1.29 is 13.2 Å². The minimum atomic E-state index is -3.35. The monoisotopic (exact) mass is 346 g/mol. The van der Waals surface area contributed by atoms with E-state index >= 15 is 0 Å². The number of carbonyl (C=O) groups is 1. The molecule has 0 aromatic rings. The van der Waals surface area contributed by atoms with Crippen molar-refractivity contribution in [2.45, 2.75) is 62.9 Å². The van der Waals surface area contributed by atoms with E-state index in [0.717, 1.165) is 19.3 Å². The highest BCUT2D eigenvalue weighted by Crippen LogP contribution is 2.23. The predicted octanol–water partition coefficient (Wildman–Crippen LogP) is 0.581. The second-order valence-corrected chi connectivity index (χ2v) is 9.24. The normalized spacial score (nSPS) is 28.8. The first-order valence-electron chi connectivity index (χ1n) is 8.42. The summed E-state index contributed by atoms with van der Waals surface area (Å²) in [5.74, 6) is 0. The second kappa shape index (κ2) is 7.36. The van der Waals surface area contributed by atoms with Crippen molar-refractivity contribution in [1.29, 1.82) is 0 Å². The highest BCUT2D eigenvalue weighted by atomic mass is 32.2. The van der Waals surface area contributed by atoms with Gasteiger partial charge in [-0.05, 0) is 53.6 Å². The molecule has 0 radical (unpaired) electrons. The van der Waals surface area contributed by atoms with E-state index in [2.05, 4.69) is 29.0 Å². The van der Waals surface area contributed by atoms with Gasteiger partial charge in [0.1, 0.15) is 0 Å². The third kappa shape index (κ3) is 4.81. The molecule has 0 bridgehead atoms. The molecule has 1 saturated carbocycles. The van der Waals surface area contributed by atoms with E-state index in [9.17, 15) is 13.2 Å². The van der Waals surface area contributed by atoms with Crippen LogP contribution in [-0.2, 0) is 10.0 Å². The smallest absolute Gasteiger partial charge is 0.317 e. The van der Waals surface area contributed by atoms with Gasteiger partial charge in [-0.3, -0.25) is 0 Å². The number of urea groups is 1. The van der Waals surface area contributed by atoms with Gasteiger partial charge in [-0.1, -0.05) is 0 Å². The average Bonchev–Trinajstić information content (AvgIpc) is 3.05. The van der Waals surface area contributed by atoms with Crippen LogP contribution in [0.4, 0.5) is 4.79 Å². The number of carbonyl (C=O) groups excluding carboxylic acids is 1. The molecular formula is C15H30N4O3S. The van der Waals surface area contributed by atoms with Crippen LogP contribution in [0.3, 0.4) is 0 Å². The molecule has 1 aliphatic carbocycles. The summed E-state index contributed by atoms with van der Waals surface area (Å²) in [6.07, 6.45) is 3.54. The molecule has 0 aromatic carbocycles. The van der Waals surface area contributed by atoms with Gasteiger partial charge in [0.15, 0.2) is 0 Å². The summed E-state index contributed by atoms with van der Waals surface area (Å²) < 4.78 is 27.0. The Kier molecular flexibility index (Phi) is 5.91. The Morgan fingerprint density at radius 1 is 1.22 bits per heavy atom. The predicted molar refractivity (Wildman–Crippen MR) is 90.8 cm³/mol. The third-order valence-corrected chi connectivity index (χ3v) is 6.80. The zero-order valence-corrected chi connectivity index (χ0v) is 15.4.